The Morgan fingerprint density at radius 3 is 2.18 bits per heavy atom. The number of carbonyl (C=O) groups excluding carboxylic acids is 1. The molecule has 2 heteroatoms. The maximum atomic E-state index is 11.3. The quantitative estimate of drug-likeness (QED) is 0.594. The first-order chi connectivity index (χ1) is 5.26. The molecule has 1 saturated heterocycles. The molecule has 2 rings (SSSR count). The van der Waals surface area contributed by atoms with Crippen LogP contribution in [0.5, 0.6) is 0 Å². The van der Waals surface area contributed by atoms with Crippen molar-refractivity contribution in [3.63, 3.8) is 0 Å². The van der Waals surface area contributed by atoms with Crippen LogP contribution in [0.3, 0.4) is 0 Å². The summed E-state index contributed by atoms with van der Waals surface area (Å²) >= 11 is 0. The van der Waals surface area contributed by atoms with E-state index in [4.69, 9.17) is 0 Å². The fourth-order valence-corrected chi connectivity index (χ4v) is 2.15. The minimum Gasteiger partial charge on any atom is -0.298 e. The van der Waals surface area contributed by atoms with Crippen molar-refractivity contribution in [2.24, 2.45) is 0 Å². The lowest BCUT2D eigenvalue weighted by Gasteiger charge is -2.24. The minimum atomic E-state index is 0.0243. The second-order valence-electron chi connectivity index (χ2n) is 3.78. The third-order valence-electron chi connectivity index (χ3n) is 3.09. The average molecular weight is 153 g/mol. The fourth-order valence-electron chi connectivity index (χ4n) is 2.15. The third-order valence-corrected chi connectivity index (χ3v) is 3.09. The molecule has 1 aliphatic heterocycles. The summed E-state index contributed by atoms with van der Waals surface area (Å²) in [5.41, 5.74) is 0.0243. The maximum Gasteiger partial charge on any atom is 0.150 e. The van der Waals surface area contributed by atoms with E-state index in [0.29, 0.717) is 5.78 Å². The molecule has 11 heavy (non-hydrogen) atoms. The SMILES string of the molecule is CC(=O)C1(N2CCCC2)CC1. The van der Waals surface area contributed by atoms with Crippen molar-refractivity contribution < 1.29 is 4.79 Å². The highest BCUT2D eigenvalue weighted by atomic mass is 16.1. The van der Waals surface area contributed by atoms with Crippen LogP contribution in [0.1, 0.15) is 32.6 Å². The largest absolute Gasteiger partial charge is 0.298 e. The minimum absolute atomic E-state index is 0.0243. The number of hydrogen-bond acceptors (Lipinski definition) is 2. The zero-order valence-electron chi connectivity index (χ0n) is 7.10. The highest BCUT2D eigenvalue weighted by molar-refractivity contribution is 5.89. The van der Waals surface area contributed by atoms with Gasteiger partial charge in [-0.3, -0.25) is 9.69 Å². The molecule has 0 aromatic carbocycles. The van der Waals surface area contributed by atoms with Gasteiger partial charge in [0, 0.05) is 0 Å². The van der Waals surface area contributed by atoms with E-state index >= 15 is 0 Å². The first-order valence-corrected chi connectivity index (χ1v) is 4.52. The molecule has 0 atom stereocenters. The first kappa shape index (κ1) is 7.29. The van der Waals surface area contributed by atoms with Crippen LogP contribution in [0.4, 0.5) is 0 Å². The van der Waals surface area contributed by atoms with Gasteiger partial charge in [-0.1, -0.05) is 0 Å². The van der Waals surface area contributed by atoms with Crippen molar-refractivity contribution in [2.75, 3.05) is 13.1 Å². The van der Waals surface area contributed by atoms with Crippen molar-refractivity contribution in [1.82, 2.24) is 4.90 Å². The molecule has 1 heterocycles. The summed E-state index contributed by atoms with van der Waals surface area (Å²) in [4.78, 5) is 13.7. The van der Waals surface area contributed by atoms with Crippen LogP contribution in [-0.2, 0) is 4.79 Å². The Hall–Kier alpha value is -0.370. The van der Waals surface area contributed by atoms with E-state index < -0.39 is 0 Å². The molecular formula is C9H15NO. The smallest absolute Gasteiger partial charge is 0.150 e. The molecule has 1 aliphatic carbocycles. The predicted octanol–water partition coefficient (Wildman–Crippen LogP) is 1.20. The monoisotopic (exact) mass is 153 g/mol. The van der Waals surface area contributed by atoms with Crippen molar-refractivity contribution in [3.8, 4) is 0 Å². The van der Waals surface area contributed by atoms with Gasteiger partial charge in [0.05, 0.1) is 5.54 Å². The number of rotatable bonds is 2. The van der Waals surface area contributed by atoms with E-state index in [2.05, 4.69) is 4.90 Å². The second kappa shape index (κ2) is 2.31. The molecule has 62 valence electrons. The van der Waals surface area contributed by atoms with Gasteiger partial charge in [0.1, 0.15) is 5.78 Å². The van der Waals surface area contributed by atoms with E-state index in [1.807, 2.05) is 0 Å². The highest BCUT2D eigenvalue weighted by Gasteiger charge is 2.52. The lowest BCUT2D eigenvalue weighted by Crippen LogP contribution is -2.40. The molecule has 0 unspecified atom stereocenters. The zero-order valence-corrected chi connectivity index (χ0v) is 7.10. The highest BCUT2D eigenvalue weighted by Crippen LogP contribution is 2.43. The second-order valence-corrected chi connectivity index (χ2v) is 3.78. The van der Waals surface area contributed by atoms with Crippen molar-refractivity contribution >= 4 is 5.78 Å². The van der Waals surface area contributed by atoms with Crippen LogP contribution >= 0.6 is 0 Å². The molecule has 2 aliphatic rings. The van der Waals surface area contributed by atoms with Crippen molar-refractivity contribution in [3.05, 3.63) is 0 Å². The number of likely N-dealkylation sites (tertiary alicyclic amines) is 1. The molecule has 0 aromatic rings. The Morgan fingerprint density at radius 2 is 1.82 bits per heavy atom. The molecule has 1 saturated carbocycles. The van der Waals surface area contributed by atoms with Gasteiger partial charge in [-0.2, -0.15) is 0 Å². The van der Waals surface area contributed by atoms with Gasteiger partial charge in [0.25, 0.3) is 0 Å². The summed E-state index contributed by atoms with van der Waals surface area (Å²) in [6, 6.07) is 0. The lowest BCUT2D eigenvalue weighted by molar-refractivity contribution is -0.123. The summed E-state index contributed by atoms with van der Waals surface area (Å²) in [7, 11) is 0. The Labute approximate surface area is 67.6 Å². The number of carbonyl (C=O) groups is 1. The van der Waals surface area contributed by atoms with Gasteiger partial charge in [0.2, 0.25) is 0 Å². The van der Waals surface area contributed by atoms with Gasteiger partial charge >= 0.3 is 0 Å². The average Bonchev–Trinajstić information content (AvgIpc) is 2.61. The molecule has 0 N–H and O–H groups in total. The van der Waals surface area contributed by atoms with E-state index in [1.165, 1.54) is 12.8 Å². The Morgan fingerprint density at radius 1 is 1.27 bits per heavy atom. The Balaban J connectivity index is 2.07. The van der Waals surface area contributed by atoms with Gasteiger partial charge < -0.3 is 0 Å². The summed E-state index contributed by atoms with van der Waals surface area (Å²) in [6.45, 7) is 4.05. The molecule has 0 spiro atoms. The van der Waals surface area contributed by atoms with Crippen LogP contribution < -0.4 is 0 Å². The van der Waals surface area contributed by atoms with Gasteiger partial charge in [-0.25, -0.2) is 0 Å². The van der Waals surface area contributed by atoms with E-state index in [1.54, 1.807) is 6.92 Å². The fraction of sp³-hybridized carbons (Fsp3) is 0.889. The summed E-state index contributed by atoms with van der Waals surface area (Å²) < 4.78 is 0. The molecule has 0 bridgehead atoms. The Bertz CT molecular complexity index is 178. The standard InChI is InChI=1S/C9H15NO/c1-8(11)9(4-5-9)10-6-2-3-7-10/h2-7H2,1H3. The van der Waals surface area contributed by atoms with Gasteiger partial charge in [0.15, 0.2) is 0 Å². The van der Waals surface area contributed by atoms with E-state index in [9.17, 15) is 4.79 Å². The number of ketones is 1. The predicted molar refractivity (Wildman–Crippen MR) is 43.5 cm³/mol. The van der Waals surface area contributed by atoms with Crippen LogP contribution in [-0.4, -0.2) is 29.3 Å². The zero-order chi connectivity index (χ0) is 7.90. The van der Waals surface area contributed by atoms with Crippen LogP contribution in [0, 0.1) is 0 Å². The normalized spacial score (nSPS) is 28.8. The van der Waals surface area contributed by atoms with Gasteiger partial charge in [-0.15, -0.1) is 0 Å². The number of nitrogens with zero attached hydrogens (tertiary/aromatic N) is 1. The van der Waals surface area contributed by atoms with E-state index in [0.717, 1.165) is 25.9 Å². The first-order valence-electron chi connectivity index (χ1n) is 4.52. The van der Waals surface area contributed by atoms with Crippen LogP contribution in [0.15, 0.2) is 0 Å². The third kappa shape index (κ3) is 1.00. The van der Waals surface area contributed by atoms with Crippen LogP contribution in [0.2, 0.25) is 0 Å². The summed E-state index contributed by atoms with van der Waals surface area (Å²) in [5.74, 6) is 0.388. The van der Waals surface area contributed by atoms with Crippen LogP contribution in [0.25, 0.3) is 0 Å². The van der Waals surface area contributed by atoms with Gasteiger partial charge in [-0.05, 0) is 45.7 Å². The topological polar surface area (TPSA) is 20.3 Å². The Kier molecular flexibility index (Phi) is 1.53. The molecular weight excluding hydrogens is 138 g/mol. The number of Topliss-reactive ketones (excluding diaryl/α,β-unsaturated/α-hetero) is 1. The van der Waals surface area contributed by atoms with Crippen molar-refractivity contribution in [1.29, 1.82) is 0 Å². The summed E-state index contributed by atoms with van der Waals surface area (Å²) in [5, 5.41) is 0. The number of hydrogen-bond donors (Lipinski definition) is 0. The maximum absolute atomic E-state index is 11.3. The molecule has 0 amide bonds. The summed E-state index contributed by atoms with van der Waals surface area (Å²) in [6.07, 6.45) is 4.80. The molecule has 0 radical (unpaired) electrons. The molecule has 0 aromatic heterocycles. The van der Waals surface area contributed by atoms with E-state index in [-0.39, 0.29) is 5.54 Å². The van der Waals surface area contributed by atoms with Crippen molar-refractivity contribution in [2.45, 2.75) is 38.1 Å². The lowest BCUT2D eigenvalue weighted by atomic mass is 10.1. The molecule has 2 fully saturated rings. The molecule has 2 nitrogen and oxygen atoms in total.